The molecule has 0 bridgehead atoms. The van der Waals surface area contributed by atoms with E-state index in [1.165, 1.54) is 6.39 Å². The fraction of sp³-hybridized carbons (Fsp3) is 0.312. The molecule has 0 aliphatic heterocycles. The highest BCUT2D eigenvalue weighted by Gasteiger charge is 2.13. The van der Waals surface area contributed by atoms with Crippen LogP contribution in [0.4, 0.5) is 0 Å². The maximum Gasteiger partial charge on any atom is 0.247 e. The van der Waals surface area contributed by atoms with E-state index in [1.807, 2.05) is 45.0 Å². The molecule has 0 aliphatic carbocycles. The van der Waals surface area contributed by atoms with Gasteiger partial charge in [0.15, 0.2) is 11.7 Å². The van der Waals surface area contributed by atoms with Crippen molar-refractivity contribution in [3.8, 4) is 17.2 Å². The summed E-state index contributed by atoms with van der Waals surface area (Å²) in [6, 6.07) is 7.45. The molecule has 0 saturated carbocycles. The molecule has 0 atom stereocenters. The summed E-state index contributed by atoms with van der Waals surface area (Å²) in [6.07, 6.45) is 1.30. The van der Waals surface area contributed by atoms with Gasteiger partial charge in [0.25, 0.3) is 0 Å². The predicted octanol–water partition coefficient (Wildman–Crippen LogP) is 3.74. The van der Waals surface area contributed by atoms with Crippen LogP contribution in [0.15, 0.2) is 39.5 Å². The quantitative estimate of drug-likeness (QED) is 0.714. The van der Waals surface area contributed by atoms with E-state index in [1.54, 1.807) is 0 Å². The lowest BCUT2D eigenvalue weighted by Crippen LogP contribution is -1.95. The molecule has 0 unspecified atom stereocenters. The van der Waals surface area contributed by atoms with Gasteiger partial charge in [0, 0.05) is 11.5 Å². The van der Waals surface area contributed by atoms with Gasteiger partial charge < -0.3 is 13.6 Å². The molecule has 1 aromatic carbocycles. The number of ether oxygens (including phenoxy) is 1. The molecule has 2 heterocycles. The summed E-state index contributed by atoms with van der Waals surface area (Å²) in [5, 5.41) is 7.52. The van der Waals surface area contributed by atoms with Gasteiger partial charge in [0.2, 0.25) is 12.3 Å². The Morgan fingerprint density at radius 3 is 2.55 bits per heavy atom. The van der Waals surface area contributed by atoms with Crippen LogP contribution < -0.4 is 4.74 Å². The van der Waals surface area contributed by atoms with E-state index in [0.717, 1.165) is 28.7 Å². The van der Waals surface area contributed by atoms with Gasteiger partial charge in [-0.25, -0.2) is 4.98 Å². The van der Waals surface area contributed by atoms with Crippen molar-refractivity contribution in [3.63, 3.8) is 0 Å². The van der Waals surface area contributed by atoms with Crippen molar-refractivity contribution in [3.05, 3.63) is 48.0 Å². The molecule has 0 amide bonds. The van der Waals surface area contributed by atoms with Crippen molar-refractivity contribution in [2.45, 2.75) is 33.3 Å². The van der Waals surface area contributed by atoms with Crippen LogP contribution in [0.25, 0.3) is 11.5 Å². The molecule has 6 heteroatoms. The molecule has 2 aromatic heterocycles. The second kappa shape index (κ2) is 6.01. The Morgan fingerprint density at radius 1 is 1.18 bits per heavy atom. The maximum atomic E-state index is 5.74. The molecule has 0 spiro atoms. The lowest BCUT2D eigenvalue weighted by molar-refractivity contribution is 0.263. The first-order chi connectivity index (χ1) is 10.6. The minimum absolute atomic E-state index is 0.265. The zero-order chi connectivity index (χ0) is 15.5. The van der Waals surface area contributed by atoms with Crippen LogP contribution in [0.2, 0.25) is 0 Å². The number of benzene rings is 1. The second-order valence-electron chi connectivity index (χ2n) is 5.27. The Balaban J connectivity index is 1.67. The highest BCUT2D eigenvalue weighted by Crippen LogP contribution is 2.22. The minimum atomic E-state index is 0.265. The number of nitrogens with zero attached hydrogens (tertiary/aromatic N) is 3. The molecule has 0 N–H and O–H groups in total. The molecule has 3 rings (SSSR count). The van der Waals surface area contributed by atoms with E-state index in [2.05, 4.69) is 15.2 Å². The summed E-state index contributed by atoms with van der Waals surface area (Å²) in [7, 11) is 0. The first-order valence-corrected chi connectivity index (χ1v) is 7.09. The summed E-state index contributed by atoms with van der Waals surface area (Å²) in [6.45, 7) is 6.37. The molecule has 0 aliphatic rings. The Morgan fingerprint density at radius 2 is 1.95 bits per heavy atom. The van der Waals surface area contributed by atoms with Crippen LogP contribution in [0, 0.1) is 6.92 Å². The van der Waals surface area contributed by atoms with E-state index < -0.39 is 0 Å². The normalized spacial score (nSPS) is 11.1. The molecular formula is C16H17N3O3. The van der Waals surface area contributed by atoms with Gasteiger partial charge in [-0.3, -0.25) is 0 Å². The van der Waals surface area contributed by atoms with Gasteiger partial charge in [-0.2, -0.15) is 0 Å². The topological polar surface area (TPSA) is 74.2 Å². The SMILES string of the molecule is Cc1nc(C(C)C)oc1COc1ccc(-c2nnco2)cc1. The molecule has 0 radical (unpaired) electrons. The number of aryl methyl sites for hydroxylation is 1. The molecular weight excluding hydrogens is 282 g/mol. The third-order valence-electron chi connectivity index (χ3n) is 3.23. The molecule has 0 fully saturated rings. The number of hydrogen-bond donors (Lipinski definition) is 0. The fourth-order valence-corrected chi connectivity index (χ4v) is 1.97. The van der Waals surface area contributed by atoms with Crippen LogP contribution in [0.5, 0.6) is 5.75 Å². The summed E-state index contributed by atoms with van der Waals surface area (Å²) >= 11 is 0. The van der Waals surface area contributed by atoms with Crippen LogP contribution in [-0.2, 0) is 6.61 Å². The Labute approximate surface area is 128 Å². The van der Waals surface area contributed by atoms with E-state index in [0.29, 0.717) is 12.5 Å². The number of oxazole rings is 1. The number of aromatic nitrogens is 3. The van der Waals surface area contributed by atoms with Crippen molar-refractivity contribution in [2.75, 3.05) is 0 Å². The lowest BCUT2D eigenvalue weighted by atomic mass is 10.2. The third kappa shape index (κ3) is 3.00. The van der Waals surface area contributed by atoms with Gasteiger partial charge in [-0.1, -0.05) is 13.8 Å². The third-order valence-corrected chi connectivity index (χ3v) is 3.23. The van der Waals surface area contributed by atoms with E-state index in [4.69, 9.17) is 13.6 Å². The number of rotatable bonds is 5. The molecule has 22 heavy (non-hydrogen) atoms. The first kappa shape index (κ1) is 14.3. The monoisotopic (exact) mass is 299 g/mol. The molecule has 0 saturated heterocycles. The zero-order valence-corrected chi connectivity index (χ0v) is 12.7. The molecule has 6 nitrogen and oxygen atoms in total. The van der Waals surface area contributed by atoms with E-state index >= 15 is 0 Å². The maximum absolute atomic E-state index is 5.74. The number of hydrogen-bond acceptors (Lipinski definition) is 6. The van der Waals surface area contributed by atoms with Crippen molar-refractivity contribution in [2.24, 2.45) is 0 Å². The van der Waals surface area contributed by atoms with Gasteiger partial charge in [-0.05, 0) is 31.2 Å². The lowest BCUT2D eigenvalue weighted by Gasteiger charge is -2.05. The molecule has 114 valence electrons. The predicted molar refractivity (Wildman–Crippen MR) is 79.4 cm³/mol. The van der Waals surface area contributed by atoms with Gasteiger partial charge in [-0.15, -0.1) is 10.2 Å². The summed E-state index contributed by atoms with van der Waals surface area (Å²) < 4.78 is 16.6. The van der Waals surface area contributed by atoms with Crippen molar-refractivity contribution in [1.82, 2.24) is 15.2 Å². The smallest absolute Gasteiger partial charge is 0.247 e. The Hall–Kier alpha value is -2.63. The van der Waals surface area contributed by atoms with Crippen molar-refractivity contribution < 1.29 is 13.6 Å². The van der Waals surface area contributed by atoms with Crippen LogP contribution in [0.3, 0.4) is 0 Å². The summed E-state index contributed by atoms with van der Waals surface area (Å²) in [5.41, 5.74) is 1.72. The van der Waals surface area contributed by atoms with Crippen molar-refractivity contribution >= 4 is 0 Å². The highest BCUT2D eigenvalue weighted by atomic mass is 16.5. The summed E-state index contributed by atoms with van der Waals surface area (Å²) in [5.74, 6) is 2.98. The second-order valence-corrected chi connectivity index (χ2v) is 5.27. The average molecular weight is 299 g/mol. The summed E-state index contributed by atoms with van der Waals surface area (Å²) in [4.78, 5) is 4.40. The Kier molecular flexibility index (Phi) is 3.91. The largest absolute Gasteiger partial charge is 0.486 e. The fourth-order valence-electron chi connectivity index (χ4n) is 1.97. The standard InChI is InChI=1S/C16H17N3O3/c1-10(2)15-18-11(3)14(22-15)8-20-13-6-4-12(5-7-13)16-19-17-9-21-16/h4-7,9-10H,8H2,1-3H3. The zero-order valence-electron chi connectivity index (χ0n) is 12.7. The minimum Gasteiger partial charge on any atom is -0.486 e. The van der Waals surface area contributed by atoms with Gasteiger partial charge in [0.1, 0.15) is 12.4 Å². The molecule has 3 aromatic rings. The van der Waals surface area contributed by atoms with Crippen LogP contribution in [0.1, 0.15) is 37.1 Å². The van der Waals surface area contributed by atoms with Crippen LogP contribution in [-0.4, -0.2) is 15.2 Å². The highest BCUT2D eigenvalue weighted by molar-refractivity contribution is 5.53. The average Bonchev–Trinajstić information content (AvgIpc) is 3.15. The van der Waals surface area contributed by atoms with E-state index in [-0.39, 0.29) is 5.92 Å². The van der Waals surface area contributed by atoms with Crippen molar-refractivity contribution in [1.29, 1.82) is 0 Å². The van der Waals surface area contributed by atoms with Crippen LogP contribution >= 0.6 is 0 Å². The Bertz CT molecular complexity index is 731. The van der Waals surface area contributed by atoms with Gasteiger partial charge in [0.05, 0.1) is 5.69 Å². The van der Waals surface area contributed by atoms with Gasteiger partial charge >= 0.3 is 0 Å². The van der Waals surface area contributed by atoms with E-state index in [9.17, 15) is 0 Å². The first-order valence-electron chi connectivity index (χ1n) is 7.09.